The van der Waals surface area contributed by atoms with Gasteiger partial charge in [-0.1, -0.05) is 48.4 Å². The third-order valence-electron chi connectivity index (χ3n) is 5.92. The monoisotopic (exact) mass is 294 g/mol. The van der Waals surface area contributed by atoms with E-state index in [9.17, 15) is 0 Å². The molecule has 0 spiro atoms. The van der Waals surface area contributed by atoms with Gasteiger partial charge < -0.3 is 0 Å². The number of hydrogen-bond donors (Lipinski definition) is 0. The van der Waals surface area contributed by atoms with Crippen LogP contribution in [0.15, 0.2) is 48.1 Å². The van der Waals surface area contributed by atoms with E-state index in [1.54, 1.807) is 11.1 Å². The molecule has 2 aliphatic rings. The van der Waals surface area contributed by atoms with Crippen molar-refractivity contribution >= 4 is 0 Å². The van der Waals surface area contributed by atoms with Crippen LogP contribution in [0.3, 0.4) is 0 Å². The number of aryl methyl sites for hydroxylation is 1. The van der Waals surface area contributed by atoms with Crippen molar-refractivity contribution in [2.45, 2.75) is 70.6 Å². The van der Waals surface area contributed by atoms with Crippen LogP contribution in [0, 0.1) is 5.92 Å². The maximum absolute atomic E-state index is 3.96. The van der Waals surface area contributed by atoms with E-state index < -0.39 is 0 Å². The van der Waals surface area contributed by atoms with E-state index in [0.29, 0.717) is 0 Å². The Labute approximate surface area is 136 Å². The lowest BCUT2D eigenvalue weighted by molar-refractivity contribution is 0.462. The van der Waals surface area contributed by atoms with Gasteiger partial charge in [0.1, 0.15) is 0 Å². The van der Waals surface area contributed by atoms with Gasteiger partial charge in [-0.3, -0.25) is 0 Å². The molecule has 118 valence electrons. The predicted molar refractivity (Wildman–Crippen MR) is 96.2 cm³/mol. The van der Waals surface area contributed by atoms with E-state index in [0.717, 1.165) is 18.3 Å². The standard InChI is InChI=1S/C22H30/c1-3-17-5-9-19(10-6-17)21-13-15-22(16-14-21)20-11-7-18(4-2)8-12-20/h3,7-8,11-12,17,22H,1,4-6,9-10,13-16H2,2H3. The highest BCUT2D eigenvalue weighted by molar-refractivity contribution is 5.28. The molecular formula is C22H30. The molecule has 0 radical (unpaired) electrons. The third-order valence-corrected chi connectivity index (χ3v) is 5.92. The summed E-state index contributed by atoms with van der Waals surface area (Å²) in [6.07, 6.45) is 14.1. The summed E-state index contributed by atoms with van der Waals surface area (Å²) in [4.78, 5) is 0. The molecule has 22 heavy (non-hydrogen) atoms. The molecular weight excluding hydrogens is 264 g/mol. The zero-order valence-corrected chi connectivity index (χ0v) is 14.1. The fourth-order valence-electron chi connectivity index (χ4n) is 4.26. The van der Waals surface area contributed by atoms with Gasteiger partial charge in [0.25, 0.3) is 0 Å². The van der Waals surface area contributed by atoms with Crippen LogP contribution in [0.4, 0.5) is 0 Å². The van der Waals surface area contributed by atoms with Gasteiger partial charge in [-0.25, -0.2) is 0 Å². The summed E-state index contributed by atoms with van der Waals surface area (Å²) in [6.45, 7) is 6.19. The van der Waals surface area contributed by atoms with E-state index >= 15 is 0 Å². The molecule has 0 amide bonds. The zero-order valence-electron chi connectivity index (χ0n) is 14.1. The van der Waals surface area contributed by atoms with Gasteiger partial charge in [0, 0.05) is 0 Å². The molecule has 2 aliphatic carbocycles. The highest BCUT2D eigenvalue weighted by atomic mass is 14.3. The zero-order chi connectivity index (χ0) is 15.4. The van der Waals surface area contributed by atoms with Crippen LogP contribution in [0.5, 0.6) is 0 Å². The van der Waals surface area contributed by atoms with Gasteiger partial charge in [0.15, 0.2) is 0 Å². The third kappa shape index (κ3) is 3.54. The molecule has 3 rings (SSSR count). The van der Waals surface area contributed by atoms with Gasteiger partial charge in [0.2, 0.25) is 0 Å². The Morgan fingerprint density at radius 1 is 0.909 bits per heavy atom. The number of allylic oxidation sites excluding steroid dienone is 3. The molecule has 0 N–H and O–H groups in total. The minimum Gasteiger partial charge on any atom is -0.103 e. The lowest BCUT2D eigenvalue weighted by Crippen LogP contribution is -2.12. The Kier molecular flexibility index (Phi) is 5.18. The molecule has 0 aromatic heterocycles. The van der Waals surface area contributed by atoms with Crippen LogP contribution in [0.2, 0.25) is 0 Å². The second-order valence-corrected chi connectivity index (χ2v) is 7.15. The Hall–Kier alpha value is -1.30. The molecule has 1 aromatic carbocycles. The Bertz CT molecular complexity index is 512. The predicted octanol–water partition coefficient (Wildman–Crippen LogP) is 6.58. The molecule has 0 heteroatoms. The minimum absolute atomic E-state index is 0.776. The molecule has 0 heterocycles. The van der Waals surface area contributed by atoms with Gasteiger partial charge >= 0.3 is 0 Å². The summed E-state index contributed by atoms with van der Waals surface area (Å²) in [5.74, 6) is 1.57. The van der Waals surface area contributed by atoms with Crippen molar-refractivity contribution in [1.29, 1.82) is 0 Å². The van der Waals surface area contributed by atoms with Crippen molar-refractivity contribution in [3.05, 3.63) is 59.2 Å². The van der Waals surface area contributed by atoms with E-state index in [2.05, 4.69) is 43.8 Å². The first-order chi connectivity index (χ1) is 10.8. The molecule has 0 aliphatic heterocycles. The summed E-state index contributed by atoms with van der Waals surface area (Å²) in [5, 5.41) is 0. The van der Waals surface area contributed by atoms with E-state index in [-0.39, 0.29) is 0 Å². The van der Waals surface area contributed by atoms with Crippen LogP contribution in [0.1, 0.15) is 75.3 Å². The van der Waals surface area contributed by atoms with Crippen molar-refractivity contribution in [2.75, 3.05) is 0 Å². The first kappa shape index (κ1) is 15.6. The highest BCUT2D eigenvalue weighted by Crippen LogP contribution is 2.40. The molecule has 0 nitrogen and oxygen atoms in total. The number of benzene rings is 1. The van der Waals surface area contributed by atoms with Gasteiger partial charge in [-0.05, 0) is 80.8 Å². The van der Waals surface area contributed by atoms with Crippen molar-refractivity contribution < 1.29 is 0 Å². The average molecular weight is 294 g/mol. The van der Waals surface area contributed by atoms with Crippen LogP contribution in [-0.4, -0.2) is 0 Å². The van der Waals surface area contributed by atoms with Gasteiger partial charge in [-0.2, -0.15) is 0 Å². The number of hydrogen-bond acceptors (Lipinski definition) is 0. The average Bonchev–Trinajstić information content (AvgIpc) is 2.62. The molecule has 0 unspecified atom stereocenters. The molecule has 0 atom stereocenters. The van der Waals surface area contributed by atoms with Crippen molar-refractivity contribution in [3.63, 3.8) is 0 Å². The first-order valence-electron chi connectivity index (χ1n) is 9.21. The fraction of sp³-hybridized carbons (Fsp3) is 0.545. The lowest BCUT2D eigenvalue weighted by Gasteiger charge is -2.29. The lowest BCUT2D eigenvalue weighted by atomic mass is 9.76. The normalized spacial score (nSPS) is 26.0. The second kappa shape index (κ2) is 7.31. The Balaban J connectivity index is 1.59. The van der Waals surface area contributed by atoms with E-state index in [4.69, 9.17) is 0 Å². The first-order valence-corrected chi connectivity index (χ1v) is 9.21. The van der Waals surface area contributed by atoms with Gasteiger partial charge in [0.05, 0.1) is 0 Å². The van der Waals surface area contributed by atoms with Crippen LogP contribution in [-0.2, 0) is 6.42 Å². The largest absolute Gasteiger partial charge is 0.103 e. The summed E-state index contributed by atoms with van der Waals surface area (Å²) in [7, 11) is 0. The molecule has 0 saturated heterocycles. The minimum atomic E-state index is 0.776. The maximum atomic E-state index is 3.96. The summed E-state index contributed by atoms with van der Waals surface area (Å²) in [6, 6.07) is 9.38. The maximum Gasteiger partial charge on any atom is -0.0156 e. The molecule has 2 fully saturated rings. The topological polar surface area (TPSA) is 0 Å². The summed E-state index contributed by atoms with van der Waals surface area (Å²) < 4.78 is 0. The highest BCUT2D eigenvalue weighted by Gasteiger charge is 2.22. The van der Waals surface area contributed by atoms with Crippen molar-refractivity contribution in [1.82, 2.24) is 0 Å². The number of rotatable bonds is 3. The van der Waals surface area contributed by atoms with E-state index in [1.807, 2.05) is 5.57 Å². The second-order valence-electron chi connectivity index (χ2n) is 7.15. The molecule has 0 bridgehead atoms. The van der Waals surface area contributed by atoms with E-state index in [1.165, 1.54) is 56.9 Å². The SMILES string of the molecule is C=CC1CCC(=C2CCC(c3ccc(CC)cc3)CC2)CC1. The van der Waals surface area contributed by atoms with Crippen molar-refractivity contribution in [2.24, 2.45) is 5.92 Å². The quantitative estimate of drug-likeness (QED) is 0.552. The van der Waals surface area contributed by atoms with Crippen LogP contribution < -0.4 is 0 Å². The summed E-state index contributed by atoms with van der Waals surface area (Å²) >= 11 is 0. The van der Waals surface area contributed by atoms with Crippen LogP contribution in [0.25, 0.3) is 0 Å². The smallest absolute Gasteiger partial charge is 0.0156 e. The summed E-state index contributed by atoms with van der Waals surface area (Å²) in [5.41, 5.74) is 6.64. The Morgan fingerprint density at radius 3 is 1.95 bits per heavy atom. The van der Waals surface area contributed by atoms with Gasteiger partial charge in [-0.15, -0.1) is 6.58 Å². The van der Waals surface area contributed by atoms with Crippen molar-refractivity contribution in [3.8, 4) is 0 Å². The fourth-order valence-corrected chi connectivity index (χ4v) is 4.26. The molecule has 2 saturated carbocycles. The van der Waals surface area contributed by atoms with Crippen LogP contribution >= 0.6 is 0 Å². The molecule has 1 aromatic rings. The Morgan fingerprint density at radius 2 is 1.45 bits per heavy atom.